The van der Waals surface area contributed by atoms with E-state index in [2.05, 4.69) is 36.9 Å². The highest BCUT2D eigenvalue weighted by Crippen LogP contribution is 2.53. The highest BCUT2D eigenvalue weighted by Gasteiger charge is 2.49. The van der Waals surface area contributed by atoms with E-state index in [0.29, 0.717) is 0 Å². The molecule has 3 rings (SSSR count). The maximum absolute atomic E-state index is 6.26. The zero-order chi connectivity index (χ0) is 14.2. The fourth-order valence-corrected chi connectivity index (χ4v) is 4.61. The summed E-state index contributed by atoms with van der Waals surface area (Å²) >= 11 is 2.08. The van der Waals surface area contributed by atoms with Crippen molar-refractivity contribution >= 4 is 11.8 Å². The van der Waals surface area contributed by atoms with Crippen molar-refractivity contribution in [3.8, 4) is 5.75 Å². The van der Waals surface area contributed by atoms with E-state index >= 15 is 0 Å². The fraction of sp³-hybridized carbons (Fsp3) is 0.647. The molecule has 0 aromatic heterocycles. The summed E-state index contributed by atoms with van der Waals surface area (Å²) in [5, 5.41) is 0. The third-order valence-corrected chi connectivity index (χ3v) is 6.16. The van der Waals surface area contributed by atoms with Gasteiger partial charge < -0.3 is 10.5 Å². The molecule has 1 saturated carbocycles. The molecule has 1 atom stereocenters. The van der Waals surface area contributed by atoms with Crippen molar-refractivity contribution in [2.45, 2.75) is 50.0 Å². The van der Waals surface area contributed by atoms with Gasteiger partial charge in [-0.2, -0.15) is 11.8 Å². The quantitative estimate of drug-likeness (QED) is 0.919. The second-order valence-electron chi connectivity index (χ2n) is 6.29. The molecule has 1 unspecified atom stereocenters. The molecule has 2 aliphatic rings. The minimum atomic E-state index is 0.171. The molecule has 0 spiro atoms. The normalized spacial score (nSPS) is 23.4. The Morgan fingerprint density at radius 1 is 1.30 bits per heavy atom. The SMILES string of the molecule is COc1ccc(C2CCSCC2)cc1C1(C(C)N)CC1. The minimum absolute atomic E-state index is 0.171. The van der Waals surface area contributed by atoms with Crippen LogP contribution < -0.4 is 10.5 Å². The summed E-state index contributed by atoms with van der Waals surface area (Å²) in [6, 6.07) is 7.03. The highest BCUT2D eigenvalue weighted by atomic mass is 32.2. The molecule has 1 aromatic rings. The third-order valence-electron chi connectivity index (χ3n) is 5.11. The Balaban J connectivity index is 1.95. The van der Waals surface area contributed by atoms with Gasteiger partial charge in [-0.25, -0.2) is 0 Å². The summed E-state index contributed by atoms with van der Waals surface area (Å²) in [5.74, 6) is 4.34. The van der Waals surface area contributed by atoms with Gasteiger partial charge in [-0.05, 0) is 61.7 Å². The Bertz CT molecular complexity index is 476. The molecule has 1 saturated heterocycles. The smallest absolute Gasteiger partial charge is 0.122 e. The van der Waals surface area contributed by atoms with Crippen LogP contribution in [0, 0.1) is 0 Å². The first kappa shape index (κ1) is 14.3. The lowest BCUT2D eigenvalue weighted by atomic mass is 9.84. The molecule has 1 aliphatic heterocycles. The second-order valence-corrected chi connectivity index (χ2v) is 7.52. The van der Waals surface area contributed by atoms with Crippen molar-refractivity contribution < 1.29 is 4.74 Å². The predicted octanol–water partition coefficient (Wildman–Crippen LogP) is 3.68. The number of hydrogen-bond acceptors (Lipinski definition) is 3. The largest absolute Gasteiger partial charge is 0.496 e. The molecule has 1 aromatic carbocycles. The van der Waals surface area contributed by atoms with Gasteiger partial charge in [-0.1, -0.05) is 12.1 Å². The van der Waals surface area contributed by atoms with E-state index in [1.807, 2.05) is 0 Å². The van der Waals surface area contributed by atoms with Crippen molar-refractivity contribution in [1.29, 1.82) is 0 Å². The Kier molecular flexibility index (Phi) is 4.00. The lowest BCUT2D eigenvalue weighted by Gasteiger charge is -2.26. The number of benzene rings is 1. The standard InChI is InChI=1S/C17H25NOS/c1-12(18)17(7-8-17)15-11-14(3-4-16(15)19-2)13-5-9-20-10-6-13/h3-4,11-13H,5-10,18H2,1-2H3. The van der Waals surface area contributed by atoms with Gasteiger partial charge in [0.25, 0.3) is 0 Å². The van der Waals surface area contributed by atoms with Crippen molar-refractivity contribution in [2.24, 2.45) is 5.73 Å². The predicted molar refractivity (Wildman–Crippen MR) is 86.9 cm³/mol. The molecule has 1 aliphatic carbocycles. The molecule has 0 radical (unpaired) electrons. The molecule has 2 fully saturated rings. The van der Waals surface area contributed by atoms with E-state index in [1.54, 1.807) is 7.11 Å². The van der Waals surface area contributed by atoms with E-state index in [1.165, 1.54) is 48.3 Å². The van der Waals surface area contributed by atoms with Gasteiger partial charge in [-0.15, -0.1) is 0 Å². The van der Waals surface area contributed by atoms with Crippen molar-refractivity contribution in [1.82, 2.24) is 0 Å². The average molecular weight is 291 g/mol. The number of thioether (sulfide) groups is 1. The zero-order valence-corrected chi connectivity index (χ0v) is 13.3. The Labute approximate surface area is 126 Å². The van der Waals surface area contributed by atoms with E-state index in [4.69, 9.17) is 10.5 Å². The molecular formula is C17H25NOS. The number of hydrogen-bond donors (Lipinski definition) is 1. The van der Waals surface area contributed by atoms with Crippen LogP contribution in [0.2, 0.25) is 0 Å². The van der Waals surface area contributed by atoms with E-state index in [0.717, 1.165) is 11.7 Å². The zero-order valence-electron chi connectivity index (χ0n) is 12.5. The van der Waals surface area contributed by atoms with Crippen LogP contribution in [-0.2, 0) is 5.41 Å². The number of methoxy groups -OCH3 is 1. The van der Waals surface area contributed by atoms with Gasteiger partial charge in [-0.3, -0.25) is 0 Å². The molecule has 1 heterocycles. The lowest BCUT2D eigenvalue weighted by Crippen LogP contribution is -2.32. The third kappa shape index (κ3) is 2.46. The lowest BCUT2D eigenvalue weighted by molar-refractivity contribution is 0.398. The Hall–Kier alpha value is -0.670. The van der Waals surface area contributed by atoms with Crippen LogP contribution in [0.1, 0.15) is 49.7 Å². The number of ether oxygens (including phenoxy) is 1. The van der Waals surface area contributed by atoms with Crippen LogP contribution in [-0.4, -0.2) is 24.7 Å². The molecule has 2 nitrogen and oxygen atoms in total. The molecule has 3 heteroatoms. The second kappa shape index (κ2) is 5.61. The highest BCUT2D eigenvalue weighted by molar-refractivity contribution is 7.99. The molecule has 0 amide bonds. The van der Waals surface area contributed by atoms with Crippen LogP contribution in [0.3, 0.4) is 0 Å². The van der Waals surface area contributed by atoms with Gasteiger partial charge >= 0.3 is 0 Å². The van der Waals surface area contributed by atoms with Gasteiger partial charge in [0.2, 0.25) is 0 Å². The fourth-order valence-electron chi connectivity index (χ4n) is 3.50. The average Bonchev–Trinajstić information content (AvgIpc) is 3.29. The topological polar surface area (TPSA) is 35.2 Å². The summed E-state index contributed by atoms with van der Waals surface area (Å²) < 4.78 is 5.60. The van der Waals surface area contributed by atoms with Crippen LogP contribution in [0.25, 0.3) is 0 Å². The minimum Gasteiger partial charge on any atom is -0.496 e. The van der Waals surface area contributed by atoms with Crippen LogP contribution in [0.5, 0.6) is 5.75 Å². The van der Waals surface area contributed by atoms with Gasteiger partial charge in [0, 0.05) is 17.0 Å². The summed E-state index contributed by atoms with van der Waals surface area (Å²) in [6.45, 7) is 2.14. The first-order valence-electron chi connectivity index (χ1n) is 7.69. The van der Waals surface area contributed by atoms with E-state index in [9.17, 15) is 0 Å². The molecule has 110 valence electrons. The van der Waals surface area contributed by atoms with Crippen molar-refractivity contribution in [2.75, 3.05) is 18.6 Å². The molecule has 2 N–H and O–H groups in total. The van der Waals surface area contributed by atoms with Crippen LogP contribution in [0.4, 0.5) is 0 Å². The molecule has 0 bridgehead atoms. The first-order valence-corrected chi connectivity index (χ1v) is 8.84. The summed E-state index contributed by atoms with van der Waals surface area (Å²) in [6.07, 6.45) is 5.01. The maximum atomic E-state index is 6.26. The van der Waals surface area contributed by atoms with E-state index < -0.39 is 0 Å². The van der Waals surface area contributed by atoms with Crippen LogP contribution in [0.15, 0.2) is 18.2 Å². The summed E-state index contributed by atoms with van der Waals surface area (Å²) in [4.78, 5) is 0. The van der Waals surface area contributed by atoms with Gasteiger partial charge in [0.1, 0.15) is 5.75 Å². The van der Waals surface area contributed by atoms with E-state index in [-0.39, 0.29) is 11.5 Å². The summed E-state index contributed by atoms with van der Waals surface area (Å²) in [7, 11) is 1.77. The van der Waals surface area contributed by atoms with Crippen molar-refractivity contribution in [3.05, 3.63) is 29.3 Å². The maximum Gasteiger partial charge on any atom is 0.122 e. The Morgan fingerprint density at radius 2 is 2.00 bits per heavy atom. The summed E-state index contributed by atoms with van der Waals surface area (Å²) in [5.41, 5.74) is 9.28. The Morgan fingerprint density at radius 3 is 2.55 bits per heavy atom. The van der Waals surface area contributed by atoms with Gasteiger partial charge in [0.05, 0.1) is 7.11 Å². The van der Waals surface area contributed by atoms with Crippen LogP contribution >= 0.6 is 11.8 Å². The monoisotopic (exact) mass is 291 g/mol. The molecular weight excluding hydrogens is 266 g/mol. The number of rotatable bonds is 4. The number of nitrogens with two attached hydrogens (primary N) is 1. The molecule has 20 heavy (non-hydrogen) atoms. The van der Waals surface area contributed by atoms with Crippen molar-refractivity contribution in [3.63, 3.8) is 0 Å². The van der Waals surface area contributed by atoms with Gasteiger partial charge in [0.15, 0.2) is 0 Å². The first-order chi connectivity index (χ1) is 9.67.